The number of hydrogen-bond acceptors (Lipinski definition) is 1. The molecular formula is C8H17Cl3STi. The molecular weight excluding hydrogens is 282 g/mol. The maximum atomic E-state index is 4.97. The molecule has 0 bridgehead atoms. The van der Waals surface area contributed by atoms with Crippen LogP contribution in [-0.4, -0.2) is 5.75 Å². The Balaban J connectivity index is 0. The van der Waals surface area contributed by atoms with E-state index in [1.807, 2.05) is 0 Å². The van der Waals surface area contributed by atoms with Crippen LogP contribution in [0.1, 0.15) is 38.5 Å². The van der Waals surface area contributed by atoms with Crippen molar-refractivity contribution in [3.8, 4) is 0 Å². The average Bonchev–Trinajstić information content (AvgIpc) is 2.03. The third kappa shape index (κ3) is 31.5. The Bertz CT molecular complexity index is 75.0. The van der Waals surface area contributed by atoms with Crippen molar-refractivity contribution in [2.24, 2.45) is 0 Å². The minimum absolute atomic E-state index is 1.05. The Kier molecular flexibility index (Phi) is 21.8. The van der Waals surface area contributed by atoms with Crippen LogP contribution in [0.3, 0.4) is 0 Å². The number of rotatable bonds is 6. The second-order valence-electron chi connectivity index (χ2n) is 2.56. The molecule has 0 amide bonds. The van der Waals surface area contributed by atoms with E-state index < -0.39 is 14.7 Å². The normalized spacial score (nSPS) is 9.00. The maximum absolute atomic E-state index is 4.97. The summed E-state index contributed by atoms with van der Waals surface area (Å²) in [4.78, 5) is 0. The van der Waals surface area contributed by atoms with Gasteiger partial charge >= 0.3 is 42.6 Å². The molecule has 0 aliphatic rings. The van der Waals surface area contributed by atoms with Crippen LogP contribution in [0.4, 0.5) is 0 Å². The predicted octanol–water partition coefficient (Wildman–Crippen LogP) is 5.16. The fourth-order valence-electron chi connectivity index (χ4n) is 0.819. The van der Waals surface area contributed by atoms with E-state index in [0.29, 0.717) is 0 Å². The molecule has 0 aromatic heterocycles. The first-order valence-corrected chi connectivity index (χ1v) is 11.5. The molecule has 0 saturated heterocycles. The van der Waals surface area contributed by atoms with Crippen LogP contribution in [0.5, 0.6) is 0 Å². The van der Waals surface area contributed by atoms with Crippen molar-refractivity contribution >= 4 is 40.5 Å². The molecule has 5 heteroatoms. The van der Waals surface area contributed by atoms with Crippen LogP contribution in [0, 0.1) is 6.92 Å². The monoisotopic (exact) mass is 298 g/mol. The van der Waals surface area contributed by atoms with Gasteiger partial charge in [-0.05, 0) is 12.2 Å². The topological polar surface area (TPSA) is 0 Å². The van der Waals surface area contributed by atoms with E-state index in [1.54, 1.807) is 0 Å². The quantitative estimate of drug-likeness (QED) is 0.298. The number of thiol groups is 1. The van der Waals surface area contributed by atoms with E-state index in [0.717, 1.165) is 12.2 Å². The molecule has 0 N–H and O–H groups in total. The van der Waals surface area contributed by atoms with E-state index in [2.05, 4.69) is 19.6 Å². The number of halogens is 3. The third-order valence-corrected chi connectivity index (χ3v) is 1.72. The van der Waals surface area contributed by atoms with Crippen LogP contribution in [0.2, 0.25) is 0 Å². The van der Waals surface area contributed by atoms with Crippen molar-refractivity contribution in [3.63, 3.8) is 0 Å². The predicted molar refractivity (Wildman–Crippen MR) is 64.5 cm³/mol. The Morgan fingerprint density at radius 2 is 1.31 bits per heavy atom. The van der Waals surface area contributed by atoms with E-state index in [1.165, 1.54) is 32.1 Å². The summed E-state index contributed by atoms with van der Waals surface area (Å²) in [5, 5.41) is 0. The van der Waals surface area contributed by atoms with Crippen molar-refractivity contribution in [3.05, 3.63) is 6.92 Å². The van der Waals surface area contributed by atoms with E-state index in [-0.39, 0.29) is 0 Å². The zero-order valence-corrected chi connectivity index (χ0v) is 12.5. The summed E-state index contributed by atoms with van der Waals surface area (Å²) in [6.07, 6.45) is 7.75. The molecule has 0 fully saturated rings. The molecule has 0 aliphatic heterocycles. The van der Waals surface area contributed by atoms with Gasteiger partial charge in [0, 0.05) is 0 Å². The third-order valence-electron chi connectivity index (χ3n) is 1.41. The first kappa shape index (κ1) is 17.3. The van der Waals surface area contributed by atoms with Crippen LogP contribution >= 0.6 is 40.5 Å². The number of unbranched alkanes of at least 4 members (excludes halogenated alkanes) is 5. The summed E-state index contributed by atoms with van der Waals surface area (Å²) in [7, 11) is 14.9. The second-order valence-corrected chi connectivity index (χ2v) is 10.7. The summed E-state index contributed by atoms with van der Waals surface area (Å²) in [6, 6.07) is 0. The van der Waals surface area contributed by atoms with Crippen molar-refractivity contribution in [2.75, 3.05) is 5.75 Å². The average molecular weight is 300 g/mol. The minimum atomic E-state index is -1.92. The Labute approximate surface area is 106 Å². The van der Waals surface area contributed by atoms with Gasteiger partial charge in [-0.15, -0.1) is 0 Å². The van der Waals surface area contributed by atoms with Crippen LogP contribution in [-0.2, 0) is 14.7 Å². The molecule has 0 aliphatic carbocycles. The summed E-state index contributed by atoms with van der Waals surface area (Å²) in [6.45, 7) is 3.79. The van der Waals surface area contributed by atoms with Gasteiger partial charge in [-0.1, -0.05) is 25.7 Å². The molecule has 0 spiro atoms. The van der Waals surface area contributed by atoms with Crippen LogP contribution < -0.4 is 0 Å². The van der Waals surface area contributed by atoms with E-state index in [4.69, 9.17) is 27.9 Å². The summed E-state index contributed by atoms with van der Waals surface area (Å²) >= 11 is 2.22. The van der Waals surface area contributed by atoms with Gasteiger partial charge in [0.1, 0.15) is 0 Å². The van der Waals surface area contributed by atoms with Gasteiger partial charge in [-0.2, -0.15) is 19.0 Å². The van der Waals surface area contributed by atoms with Gasteiger partial charge < -0.3 is 6.92 Å². The summed E-state index contributed by atoms with van der Waals surface area (Å²) < 4.78 is 0. The van der Waals surface area contributed by atoms with E-state index in [9.17, 15) is 0 Å². The molecule has 0 saturated carbocycles. The fourth-order valence-corrected chi connectivity index (χ4v) is 1.04. The first-order chi connectivity index (χ1) is 6.15. The first-order valence-electron chi connectivity index (χ1n) is 4.38. The Hall–Kier alpha value is 1.93. The molecule has 80 valence electrons. The molecule has 0 radical (unpaired) electrons. The Morgan fingerprint density at radius 3 is 1.69 bits per heavy atom. The molecule has 13 heavy (non-hydrogen) atoms. The standard InChI is InChI=1S/C8H17S.3ClH.Ti/c1-2-3-4-5-6-7-8-9;;;;/h9H,1-8H2;3*1H;/q-1;;;;+4/p-3. The van der Waals surface area contributed by atoms with Gasteiger partial charge in [-0.25, -0.2) is 0 Å². The van der Waals surface area contributed by atoms with Gasteiger partial charge in [0.25, 0.3) is 0 Å². The molecule has 0 atom stereocenters. The van der Waals surface area contributed by atoms with Crippen LogP contribution in [0.25, 0.3) is 0 Å². The van der Waals surface area contributed by atoms with Crippen LogP contribution in [0.15, 0.2) is 0 Å². The van der Waals surface area contributed by atoms with Crippen molar-refractivity contribution < 1.29 is 14.7 Å². The SMILES string of the molecule is [CH2-]CCCCCCCS.[Cl][Ti+]([Cl])[Cl]. The fraction of sp³-hybridized carbons (Fsp3) is 0.875. The summed E-state index contributed by atoms with van der Waals surface area (Å²) in [5.74, 6) is 1.05. The summed E-state index contributed by atoms with van der Waals surface area (Å²) in [5.41, 5.74) is 0. The van der Waals surface area contributed by atoms with Gasteiger partial charge in [0.15, 0.2) is 0 Å². The zero-order valence-electron chi connectivity index (χ0n) is 7.74. The van der Waals surface area contributed by atoms with Crippen molar-refractivity contribution in [2.45, 2.75) is 38.5 Å². The van der Waals surface area contributed by atoms with Crippen molar-refractivity contribution in [1.29, 1.82) is 0 Å². The number of hydrogen-bond donors (Lipinski definition) is 1. The molecule has 0 nitrogen and oxygen atoms in total. The molecule has 0 aromatic carbocycles. The molecule has 0 aromatic rings. The molecule has 0 heterocycles. The van der Waals surface area contributed by atoms with Crippen molar-refractivity contribution in [1.82, 2.24) is 0 Å². The second kappa shape index (κ2) is 16.4. The van der Waals surface area contributed by atoms with Gasteiger partial charge in [-0.3, -0.25) is 0 Å². The van der Waals surface area contributed by atoms with E-state index >= 15 is 0 Å². The zero-order chi connectivity index (χ0) is 10.5. The van der Waals surface area contributed by atoms with Gasteiger partial charge in [0.05, 0.1) is 0 Å². The molecule has 0 unspecified atom stereocenters. The van der Waals surface area contributed by atoms with Gasteiger partial charge in [0.2, 0.25) is 0 Å². The Morgan fingerprint density at radius 1 is 0.923 bits per heavy atom. The molecule has 0 rings (SSSR count).